The Morgan fingerprint density at radius 3 is 2.69 bits per heavy atom. The first kappa shape index (κ1) is 9.88. The molecule has 3 N–H and O–H groups in total. The molecule has 5 heteroatoms. The molecule has 0 spiro atoms. The molecule has 13 heavy (non-hydrogen) atoms. The summed E-state index contributed by atoms with van der Waals surface area (Å²) in [6.45, 7) is 3.67. The van der Waals surface area contributed by atoms with Gasteiger partial charge in [-0.1, -0.05) is 6.58 Å². The Morgan fingerprint density at radius 1 is 1.69 bits per heavy atom. The first-order chi connectivity index (χ1) is 6.04. The van der Waals surface area contributed by atoms with Crippen molar-refractivity contribution in [3.05, 3.63) is 12.2 Å². The van der Waals surface area contributed by atoms with Crippen LogP contribution in [0.3, 0.4) is 0 Å². The van der Waals surface area contributed by atoms with Gasteiger partial charge in [-0.05, 0) is 0 Å². The summed E-state index contributed by atoms with van der Waals surface area (Å²) >= 11 is 0. The van der Waals surface area contributed by atoms with Gasteiger partial charge in [0.15, 0.2) is 5.78 Å². The van der Waals surface area contributed by atoms with Gasteiger partial charge in [-0.15, -0.1) is 0 Å². The van der Waals surface area contributed by atoms with E-state index in [0.29, 0.717) is 13.0 Å². The zero-order valence-electron chi connectivity index (χ0n) is 6.99. The number of hydrogen-bond donors (Lipinski definition) is 3. The summed E-state index contributed by atoms with van der Waals surface area (Å²) in [5, 5.41) is 20.6. The number of ketones is 1. The number of carbonyl (C=O) groups excluding carboxylic acids is 1. The molecule has 0 aromatic carbocycles. The Balaban J connectivity index is 2.66. The molecule has 0 radical (unpaired) electrons. The molecule has 0 aromatic rings. The molecule has 1 rings (SSSR count). The predicted molar refractivity (Wildman–Crippen MR) is 44.2 cm³/mol. The number of rotatable bonds is 3. The van der Waals surface area contributed by atoms with Crippen molar-refractivity contribution in [3.8, 4) is 0 Å². The summed E-state index contributed by atoms with van der Waals surface area (Å²) in [5.74, 6) is -1.45. The minimum absolute atomic E-state index is 0.171. The average Bonchev–Trinajstić information content (AvgIpc) is 2.48. The number of Topliss-reactive ketones (excluding diaryl/α,β-unsaturated/α-hetero) is 1. The van der Waals surface area contributed by atoms with E-state index >= 15 is 0 Å². The van der Waals surface area contributed by atoms with Crippen LogP contribution in [0.1, 0.15) is 6.42 Å². The second kappa shape index (κ2) is 3.68. The molecule has 0 amide bonds. The molecule has 1 aliphatic heterocycles. The van der Waals surface area contributed by atoms with Crippen molar-refractivity contribution in [1.29, 1.82) is 0 Å². The number of aliphatic carboxylic acids is 1. The smallest absolute Gasteiger partial charge is 0.333 e. The van der Waals surface area contributed by atoms with Gasteiger partial charge in [0.25, 0.3) is 0 Å². The minimum atomic E-state index is -1.33. The first-order valence-electron chi connectivity index (χ1n) is 3.90. The van der Waals surface area contributed by atoms with Crippen molar-refractivity contribution in [2.75, 3.05) is 6.54 Å². The second-order valence-corrected chi connectivity index (χ2v) is 2.92. The van der Waals surface area contributed by atoms with Crippen LogP contribution in [-0.4, -0.2) is 40.7 Å². The molecule has 1 aliphatic rings. The number of aliphatic hydroxyl groups is 1. The van der Waals surface area contributed by atoms with Crippen molar-refractivity contribution in [2.45, 2.75) is 18.6 Å². The fourth-order valence-electron chi connectivity index (χ4n) is 1.24. The molecule has 1 heterocycles. The van der Waals surface area contributed by atoms with Gasteiger partial charge in [0.1, 0.15) is 6.10 Å². The number of aliphatic hydroxyl groups excluding tert-OH is 1. The van der Waals surface area contributed by atoms with Crippen LogP contribution in [0, 0.1) is 0 Å². The number of carboxylic acids is 1. The van der Waals surface area contributed by atoms with Gasteiger partial charge in [-0.3, -0.25) is 4.79 Å². The van der Waals surface area contributed by atoms with E-state index in [4.69, 9.17) is 5.11 Å². The molecular formula is C8H11NO4. The minimum Gasteiger partial charge on any atom is -0.478 e. The normalized spacial score (nSPS) is 24.4. The molecule has 0 aromatic heterocycles. The van der Waals surface area contributed by atoms with Gasteiger partial charge in [0, 0.05) is 13.0 Å². The summed E-state index contributed by atoms with van der Waals surface area (Å²) in [4.78, 5) is 21.5. The lowest BCUT2D eigenvalue weighted by atomic mass is 10.0. The molecule has 1 fully saturated rings. The standard InChI is InChI=1S/C8H11NO4/c1-4(8(12)13)7(11)6-5(10)2-3-9-6/h6-7,9,11H,1-3H2,(H,12,13)/t6-,7?/m0/s1. The lowest BCUT2D eigenvalue weighted by molar-refractivity contribution is -0.134. The maximum Gasteiger partial charge on any atom is 0.333 e. The summed E-state index contributed by atoms with van der Waals surface area (Å²) in [6.07, 6.45) is -0.998. The van der Waals surface area contributed by atoms with Crippen LogP contribution in [0.4, 0.5) is 0 Å². The third kappa shape index (κ3) is 1.93. The summed E-state index contributed by atoms with van der Waals surface area (Å²) < 4.78 is 0. The highest BCUT2D eigenvalue weighted by Gasteiger charge is 2.33. The van der Waals surface area contributed by atoms with Crippen molar-refractivity contribution < 1.29 is 19.8 Å². The summed E-state index contributed by atoms with van der Waals surface area (Å²) in [7, 11) is 0. The van der Waals surface area contributed by atoms with Crippen molar-refractivity contribution in [3.63, 3.8) is 0 Å². The fraction of sp³-hybridized carbons (Fsp3) is 0.500. The number of carbonyl (C=O) groups is 2. The van der Waals surface area contributed by atoms with E-state index in [0.717, 1.165) is 0 Å². The van der Waals surface area contributed by atoms with Crippen LogP contribution < -0.4 is 5.32 Å². The fourth-order valence-corrected chi connectivity index (χ4v) is 1.24. The quantitative estimate of drug-likeness (QED) is 0.487. The van der Waals surface area contributed by atoms with Crippen LogP contribution in [0.25, 0.3) is 0 Å². The van der Waals surface area contributed by atoms with Crippen LogP contribution in [0.2, 0.25) is 0 Å². The molecule has 0 saturated carbocycles. The molecular weight excluding hydrogens is 174 g/mol. The van der Waals surface area contributed by atoms with Gasteiger partial charge >= 0.3 is 5.97 Å². The van der Waals surface area contributed by atoms with Crippen molar-refractivity contribution in [1.82, 2.24) is 5.32 Å². The average molecular weight is 185 g/mol. The highest BCUT2D eigenvalue weighted by molar-refractivity contribution is 5.92. The van der Waals surface area contributed by atoms with E-state index in [1.54, 1.807) is 0 Å². The highest BCUT2D eigenvalue weighted by Crippen LogP contribution is 2.11. The molecule has 72 valence electrons. The zero-order valence-corrected chi connectivity index (χ0v) is 6.99. The lowest BCUT2D eigenvalue weighted by Gasteiger charge is -2.16. The second-order valence-electron chi connectivity index (χ2n) is 2.92. The van der Waals surface area contributed by atoms with E-state index in [2.05, 4.69) is 11.9 Å². The molecule has 0 aliphatic carbocycles. The Morgan fingerprint density at radius 2 is 2.31 bits per heavy atom. The van der Waals surface area contributed by atoms with Gasteiger partial charge in [0.2, 0.25) is 0 Å². The van der Waals surface area contributed by atoms with E-state index in [9.17, 15) is 14.7 Å². The predicted octanol–water partition coefficient (Wildman–Crippen LogP) is -1.08. The molecule has 1 saturated heterocycles. The van der Waals surface area contributed by atoms with Gasteiger partial charge in [-0.25, -0.2) is 4.79 Å². The molecule has 0 bridgehead atoms. The number of nitrogens with one attached hydrogen (secondary N) is 1. The summed E-state index contributed by atoms with van der Waals surface area (Å²) in [6, 6.07) is -0.802. The largest absolute Gasteiger partial charge is 0.478 e. The Labute approximate surface area is 75.1 Å². The Kier molecular flexibility index (Phi) is 2.79. The van der Waals surface area contributed by atoms with Gasteiger partial charge in [-0.2, -0.15) is 0 Å². The van der Waals surface area contributed by atoms with Gasteiger partial charge in [0.05, 0.1) is 11.6 Å². The zero-order chi connectivity index (χ0) is 10.0. The number of carboxylic acid groups (broad SMARTS) is 1. The Hall–Kier alpha value is -1.20. The lowest BCUT2D eigenvalue weighted by Crippen LogP contribution is -2.41. The topological polar surface area (TPSA) is 86.6 Å². The van der Waals surface area contributed by atoms with E-state index in [-0.39, 0.29) is 11.4 Å². The van der Waals surface area contributed by atoms with E-state index < -0.39 is 18.1 Å². The van der Waals surface area contributed by atoms with Crippen molar-refractivity contribution in [2.24, 2.45) is 0 Å². The SMILES string of the molecule is C=C(C(=O)O)C(O)[C@H]1NCCC1=O. The third-order valence-corrected chi connectivity index (χ3v) is 2.03. The molecule has 1 unspecified atom stereocenters. The molecule has 5 nitrogen and oxygen atoms in total. The van der Waals surface area contributed by atoms with Crippen LogP contribution >= 0.6 is 0 Å². The maximum absolute atomic E-state index is 11.1. The van der Waals surface area contributed by atoms with Gasteiger partial charge < -0.3 is 15.5 Å². The van der Waals surface area contributed by atoms with Crippen LogP contribution in [0.15, 0.2) is 12.2 Å². The van der Waals surface area contributed by atoms with Crippen LogP contribution in [-0.2, 0) is 9.59 Å². The third-order valence-electron chi connectivity index (χ3n) is 2.03. The number of hydrogen-bond acceptors (Lipinski definition) is 4. The van der Waals surface area contributed by atoms with Crippen molar-refractivity contribution >= 4 is 11.8 Å². The molecule has 2 atom stereocenters. The van der Waals surface area contributed by atoms with Crippen LogP contribution in [0.5, 0.6) is 0 Å². The summed E-state index contributed by atoms with van der Waals surface area (Å²) in [5.41, 5.74) is -0.354. The Bertz CT molecular complexity index is 261. The van der Waals surface area contributed by atoms with E-state index in [1.165, 1.54) is 0 Å². The van der Waals surface area contributed by atoms with E-state index in [1.807, 2.05) is 0 Å². The first-order valence-corrected chi connectivity index (χ1v) is 3.90. The maximum atomic E-state index is 11.1. The highest BCUT2D eigenvalue weighted by atomic mass is 16.4. The monoisotopic (exact) mass is 185 g/mol.